The number of ether oxygens (including phenoxy) is 3. The van der Waals surface area contributed by atoms with Crippen LogP contribution >= 0.6 is 11.6 Å². The molecule has 0 atom stereocenters. The average Bonchev–Trinajstić information content (AvgIpc) is 2.79. The number of unbranched alkanes of at least 4 members (excludes halogenated alkanes) is 7. The van der Waals surface area contributed by atoms with E-state index in [0.29, 0.717) is 29.6 Å². The molecule has 0 radical (unpaired) electrons. The van der Waals surface area contributed by atoms with Crippen molar-refractivity contribution in [1.82, 2.24) is 5.32 Å². The van der Waals surface area contributed by atoms with Gasteiger partial charge in [-0.2, -0.15) is 0 Å². The van der Waals surface area contributed by atoms with Crippen molar-refractivity contribution in [1.29, 1.82) is 0 Å². The van der Waals surface area contributed by atoms with Crippen LogP contribution < -0.4 is 19.5 Å². The molecule has 0 unspecified atom stereocenters. The van der Waals surface area contributed by atoms with Gasteiger partial charge in [0, 0.05) is 29.7 Å². The summed E-state index contributed by atoms with van der Waals surface area (Å²) in [5.41, 5.74) is 2.12. The Kier molecular flexibility index (Phi) is 12.3. The third kappa shape index (κ3) is 9.00. The van der Waals surface area contributed by atoms with Crippen molar-refractivity contribution in [3.8, 4) is 17.2 Å². The maximum Gasteiger partial charge on any atom is 0.162 e. The van der Waals surface area contributed by atoms with Gasteiger partial charge >= 0.3 is 0 Å². The van der Waals surface area contributed by atoms with Gasteiger partial charge in [0.25, 0.3) is 0 Å². The molecule has 0 saturated heterocycles. The standard InChI is InChI=1S/C26H38ClNO3/c1-4-5-6-7-8-9-10-13-16-31-24-15-12-11-14-21(24)19-28-20-22-17-25(29-2)26(30-3)18-23(22)27/h11-12,14-15,17-18,28H,4-10,13,16,19-20H2,1-3H3. The van der Waals surface area contributed by atoms with E-state index in [0.717, 1.165) is 29.9 Å². The van der Waals surface area contributed by atoms with Gasteiger partial charge in [-0.15, -0.1) is 0 Å². The van der Waals surface area contributed by atoms with E-state index in [1.54, 1.807) is 20.3 Å². The molecule has 0 aliphatic heterocycles. The number of hydrogen-bond donors (Lipinski definition) is 1. The Labute approximate surface area is 193 Å². The minimum Gasteiger partial charge on any atom is -0.493 e. The monoisotopic (exact) mass is 447 g/mol. The molecule has 4 nitrogen and oxygen atoms in total. The summed E-state index contributed by atoms with van der Waals surface area (Å²) < 4.78 is 16.8. The lowest BCUT2D eigenvalue weighted by molar-refractivity contribution is 0.300. The number of halogens is 1. The SMILES string of the molecule is CCCCCCCCCCOc1ccccc1CNCc1cc(OC)c(OC)cc1Cl. The zero-order chi connectivity index (χ0) is 22.3. The van der Waals surface area contributed by atoms with Crippen LogP contribution in [0.15, 0.2) is 36.4 Å². The van der Waals surface area contributed by atoms with Crippen LogP contribution in [0.4, 0.5) is 0 Å². The van der Waals surface area contributed by atoms with Crippen LogP contribution in [0.3, 0.4) is 0 Å². The summed E-state index contributed by atoms with van der Waals surface area (Å²) in [6.45, 7) is 4.37. The van der Waals surface area contributed by atoms with Crippen molar-refractivity contribution in [3.05, 3.63) is 52.5 Å². The molecular weight excluding hydrogens is 410 g/mol. The first-order valence-electron chi connectivity index (χ1n) is 11.5. The zero-order valence-electron chi connectivity index (χ0n) is 19.3. The maximum absolute atomic E-state index is 6.40. The molecule has 0 aromatic heterocycles. The molecule has 0 aliphatic carbocycles. The van der Waals surface area contributed by atoms with Gasteiger partial charge in [-0.1, -0.05) is 81.7 Å². The first-order chi connectivity index (χ1) is 15.2. The minimum absolute atomic E-state index is 0.631. The van der Waals surface area contributed by atoms with Gasteiger partial charge in [0.2, 0.25) is 0 Å². The number of hydrogen-bond acceptors (Lipinski definition) is 4. The highest BCUT2D eigenvalue weighted by Crippen LogP contribution is 2.33. The fraction of sp³-hybridized carbons (Fsp3) is 0.538. The fourth-order valence-corrected chi connectivity index (χ4v) is 3.79. The van der Waals surface area contributed by atoms with Crippen molar-refractivity contribution in [2.75, 3.05) is 20.8 Å². The van der Waals surface area contributed by atoms with Gasteiger partial charge in [0.05, 0.1) is 20.8 Å². The Bertz CT molecular complexity index is 766. The quantitative estimate of drug-likeness (QED) is 0.277. The number of para-hydroxylation sites is 1. The van der Waals surface area contributed by atoms with Gasteiger partial charge < -0.3 is 19.5 Å². The lowest BCUT2D eigenvalue weighted by atomic mass is 10.1. The summed E-state index contributed by atoms with van der Waals surface area (Å²) >= 11 is 6.40. The molecule has 0 amide bonds. The molecule has 0 fully saturated rings. The Morgan fingerprint density at radius 2 is 1.35 bits per heavy atom. The Hall–Kier alpha value is -1.91. The first kappa shape index (κ1) is 25.4. The molecule has 172 valence electrons. The maximum atomic E-state index is 6.40. The van der Waals surface area contributed by atoms with E-state index in [9.17, 15) is 0 Å². The van der Waals surface area contributed by atoms with E-state index in [4.69, 9.17) is 25.8 Å². The predicted octanol–water partition coefficient (Wildman–Crippen LogP) is 7.17. The molecule has 1 N–H and O–H groups in total. The van der Waals surface area contributed by atoms with Gasteiger partial charge in [-0.05, 0) is 24.1 Å². The van der Waals surface area contributed by atoms with Crippen molar-refractivity contribution < 1.29 is 14.2 Å². The van der Waals surface area contributed by atoms with Crippen molar-refractivity contribution in [2.45, 2.75) is 71.4 Å². The summed E-state index contributed by atoms with van der Waals surface area (Å²) in [4.78, 5) is 0. The van der Waals surface area contributed by atoms with Gasteiger partial charge in [-0.3, -0.25) is 0 Å². The second-order valence-corrected chi connectivity index (χ2v) is 8.24. The zero-order valence-corrected chi connectivity index (χ0v) is 20.1. The van der Waals surface area contributed by atoms with Crippen LogP contribution in [0.1, 0.15) is 69.4 Å². The largest absolute Gasteiger partial charge is 0.493 e. The number of benzene rings is 2. The van der Waals surface area contributed by atoms with E-state index < -0.39 is 0 Å². The summed E-state index contributed by atoms with van der Waals surface area (Å²) in [7, 11) is 3.24. The molecule has 0 aliphatic rings. The number of rotatable bonds is 16. The predicted molar refractivity (Wildman–Crippen MR) is 130 cm³/mol. The van der Waals surface area contributed by atoms with Crippen LogP contribution in [0.25, 0.3) is 0 Å². The highest BCUT2D eigenvalue weighted by Gasteiger charge is 2.10. The van der Waals surface area contributed by atoms with Gasteiger partial charge in [0.1, 0.15) is 5.75 Å². The van der Waals surface area contributed by atoms with Crippen LogP contribution in [-0.2, 0) is 13.1 Å². The highest BCUT2D eigenvalue weighted by atomic mass is 35.5. The molecule has 31 heavy (non-hydrogen) atoms. The van der Waals surface area contributed by atoms with Gasteiger partial charge in [-0.25, -0.2) is 0 Å². The lowest BCUT2D eigenvalue weighted by Crippen LogP contribution is -2.14. The van der Waals surface area contributed by atoms with Crippen LogP contribution in [0, 0.1) is 0 Å². The molecule has 2 aromatic rings. The van der Waals surface area contributed by atoms with E-state index >= 15 is 0 Å². The number of methoxy groups -OCH3 is 2. The Morgan fingerprint density at radius 1 is 0.742 bits per heavy atom. The molecule has 0 heterocycles. The summed E-state index contributed by atoms with van der Waals surface area (Å²) in [6.07, 6.45) is 10.4. The fourth-order valence-electron chi connectivity index (χ4n) is 3.57. The summed E-state index contributed by atoms with van der Waals surface area (Å²) in [5.74, 6) is 2.27. The Balaban J connectivity index is 1.76. The minimum atomic E-state index is 0.631. The van der Waals surface area contributed by atoms with Crippen LogP contribution in [0.2, 0.25) is 5.02 Å². The van der Waals surface area contributed by atoms with Crippen molar-refractivity contribution in [2.24, 2.45) is 0 Å². The third-order valence-electron chi connectivity index (χ3n) is 5.41. The van der Waals surface area contributed by atoms with Crippen molar-refractivity contribution >= 4 is 11.6 Å². The van der Waals surface area contributed by atoms with Gasteiger partial charge in [0.15, 0.2) is 11.5 Å². The van der Waals surface area contributed by atoms with E-state index in [1.165, 1.54) is 44.9 Å². The second kappa shape index (κ2) is 15.0. The molecule has 2 aromatic carbocycles. The topological polar surface area (TPSA) is 39.7 Å². The average molecular weight is 448 g/mol. The second-order valence-electron chi connectivity index (χ2n) is 7.83. The normalized spacial score (nSPS) is 10.8. The lowest BCUT2D eigenvalue weighted by Gasteiger charge is -2.14. The first-order valence-corrected chi connectivity index (χ1v) is 11.9. The molecule has 0 spiro atoms. The molecule has 2 rings (SSSR count). The molecule has 5 heteroatoms. The highest BCUT2D eigenvalue weighted by molar-refractivity contribution is 6.31. The number of nitrogens with one attached hydrogen (secondary N) is 1. The molecular formula is C26H38ClNO3. The van der Waals surface area contributed by atoms with Crippen LogP contribution in [-0.4, -0.2) is 20.8 Å². The molecule has 0 bridgehead atoms. The van der Waals surface area contributed by atoms with E-state index in [-0.39, 0.29) is 0 Å². The summed E-state index contributed by atoms with van der Waals surface area (Å²) in [5, 5.41) is 4.12. The Morgan fingerprint density at radius 3 is 2.06 bits per heavy atom. The summed E-state index contributed by atoms with van der Waals surface area (Å²) in [6, 6.07) is 11.9. The third-order valence-corrected chi connectivity index (χ3v) is 5.76. The van der Waals surface area contributed by atoms with E-state index in [2.05, 4.69) is 18.3 Å². The molecule has 0 saturated carbocycles. The smallest absolute Gasteiger partial charge is 0.162 e. The van der Waals surface area contributed by atoms with Crippen LogP contribution in [0.5, 0.6) is 17.2 Å². The van der Waals surface area contributed by atoms with E-state index in [1.807, 2.05) is 24.3 Å². The van der Waals surface area contributed by atoms with Crippen molar-refractivity contribution in [3.63, 3.8) is 0 Å².